The molecule has 0 aliphatic rings. The summed E-state index contributed by atoms with van der Waals surface area (Å²) < 4.78 is 2.14. The molecule has 0 radical (unpaired) electrons. The lowest BCUT2D eigenvalue weighted by Crippen LogP contribution is -1.92. The van der Waals surface area contributed by atoms with Gasteiger partial charge in [0, 0.05) is 4.47 Å². The van der Waals surface area contributed by atoms with Crippen LogP contribution in [0, 0.1) is 0 Å². The first-order valence-electron chi connectivity index (χ1n) is 6.72. The van der Waals surface area contributed by atoms with Gasteiger partial charge in [-0.1, -0.05) is 34.1 Å². The molecule has 3 rings (SSSR count). The number of hydrogen-bond acceptors (Lipinski definition) is 5. The molecule has 0 fully saturated rings. The maximum Gasteiger partial charge on any atom is 0.229 e. The van der Waals surface area contributed by atoms with Crippen LogP contribution < -0.4 is 5.73 Å². The molecule has 0 atom stereocenters. The molecule has 23 heavy (non-hydrogen) atoms. The molecular formula is C16H13BrN4O2. The Morgan fingerprint density at radius 2 is 1.52 bits per heavy atom. The number of benzene rings is 2. The second kappa shape index (κ2) is 6.13. The van der Waals surface area contributed by atoms with Crippen LogP contribution in [0.3, 0.4) is 0 Å². The van der Waals surface area contributed by atoms with Crippen molar-refractivity contribution >= 4 is 33.0 Å². The Morgan fingerprint density at radius 1 is 0.870 bits per heavy atom. The number of azo groups is 1. The third-order valence-corrected chi connectivity index (χ3v) is 3.77. The molecule has 0 aliphatic carbocycles. The Morgan fingerprint density at radius 3 is 2.17 bits per heavy atom. The molecule has 2 aromatic carbocycles. The lowest BCUT2D eigenvalue weighted by atomic mass is 10.3. The lowest BCUT2D eigenvalue weighted by molar-refractivity contribution is 0.404. The zero-order chi connectivity index (χ0) is 16.4. The van der Waals surface area contributed by atoms with Crippen molar-refractivity contribution in [1.29, 1.82) is 0 Å². The number of anilines is 1. The zero-order valence-electron chi connectivity index (χ0n) is 11.9. The molecule has 1 aromatic heterocycles. The van der Waals surface area contributed by atoms with E-state index in [2.05, 4.69) is 26.2 Å². The van der Waals surface area contributed by atoms with Gasteiger partial charge in [0.2, 0.25) is 11.8 Å². The summed E-state index contributed by atoms with van der Waals surface area (Å²) in [5.74, 6) is -0.550. The number of para-hydroxylation sites is 1. The predicted octanol–water partition coefficient (Wildman–Crippen LogP) is 4.65. The number of hydrogen-bond donors (Lipinski definition) is 3. The average molecular weight is 373 g/mol. The van der Waals surface area contributed by atoms with E-state index >= 15 is 0 Å². The van der Waals surface area contributed by atoms with E-state index in [1.54, 1.807) is 36.4 Å². The fourth-order valence-electron chi connectivity index (χ4n) is 2.09. The van der Waals surface area contributed by atoms with Crippen LogP contribution in [0.5, 0.6) is 11.8 Å². The number of aromatic nitrogens is 1. The Hall–Kier alpha value is -2.80. The lowest BCUT2D eigenvalue weighted by Gasteiger charge is -2.05. The summed E-state index contributed by atoms with van der Waals surface area (Å²) in [6.07, 6.45) is 0. The van der Waals surface area contributed by atoms with Gasteiger partial charge in [-0.05, 0) is 36.4 Å². The zero-order valence-corrected chi connectivity index (χ0v) is 13.5. The molecule has 0 amide bonds. The highest BCUT2D eigenvalue weighted by atomic mass is 79.9. The van der Waals surface area contributed by atoms with Crippen molar-refractivity contribution in [2.75, 3.05) is 5.73 Å². The van der Waals surface area contributed by atoms with Crippen LogP contribution >= 0.6 is 15.9 Å². The van der Waals surface area contributed by atoms with E-state index in [9.17, 15) is 10.2 Å². The van der Waals surface area contributed by atoms with E-state index < -0.39 is 0 Å². The van der Waals surface area contributed by atoms with E-state index in [0.717, 1.165) is 4.47 Å². The number of nitrogens with zero attached hydrogens (tertiary/aromatic N) is 3. The number of nitrogens with two attached hydrogens (primary N) is 1. The minimum absolute atomic E-state index is 0.0225. The molecule has 7 heteroatoms. The Kier molecular flexibility index (Phi) is 4.03. The first-order valence-corrected chi connectivity index (χ1v) is 7.52. The second-order valence-corrected chi connectivity index (χ2v) is 5.67. The van der Waals surface area contributed by atoms with Gasteiger partial charge in [-0.15, -0.1) is 5.11 Å². The molecule has 0 aliphatic heterocycles. The molecule has 116 valence electrons. The van der Waals surface area contributed by atoms with Crippen molar-refractivity contribution in [2.45, 2.75) is 0 Å². The monoisotopic (exact) mass is 372 g/mol. The van der Waals surface area contributed by atoms with E-state index in [-0.39, 0.29) is 23.1 Å². The van der Waals surface area contributed by atoms with Crippen LogP contribution in [0.4, 0.5) is 17.1 Å². The van der Waals surface area contributed by atoms with Crippen molar-refractivity contribution in [3.8, 4) is 17.4 Å². The second-order valence-electron chi connectivity index (χ2n) is 4.76. The van der Waals surface area contributed by atoms with Gasteiger partial charge in [-0.3, -0.25) is 0 Å². The molecule has 0 saturated carbocycles. The number of halogens is 1. The van der Waals surface area contributed by atoms with Crippen LogP contribution in [0.1, 0.15) is 0 Å². The topological polar surface area (TPSA) is 96.1 Å². The minimum Gasteiger partial charge on any atom is -0.493 e. The van der Waals surface area contributed by atoms with Crippen LogP contribution in [-0.4, -0.2) is 14.8 Å². The summed E-state index contributed by atoms with van der Waals surface area (Å²) in [5, 5.41) is 28.5. The third-order valence-electron chi connectivity index (χ3n) is 3.24. The van der Waals surface area contributed by atoms with Gasteiger partial charge in [0.15, 0.2) is 5.69 Å². The predicted molar refractivity (Wildman–Crippen MR) is 91.8 cm³/mol. The summed E-state index contributed by atoms with van der Waals surface area (Å²) in [4.78, 5) is 0. The highest BCUT2D eigenvalue weighted by Gasteiger charge is 2.21. The van der Waals surface area contributed by atoms with Crippen molar-refractivity contribution in [3.63, 3.8) is 0 Å². The van der Waals surface area contributed by atoms with Gasteiger partial charge >= 0.3 is 0 Å². The molecule has 3 aromatic rings. The smallest absolute Gasteiger partial charge is 0.229 e. The van der Waals surface area contributed by atoms with E-state index in [0.29, 0.717) is 11.4 Å². The van der Waals surface area contributed by atoms with Gasteiger partial charge in [0.05, 0.1) is 11.4 Å². The third kappa shape index (κ3) is 2.91. The number of rotatable bonds is 3. The van der Waals surface area contributed by atoms with E-state index in [1.165, 1.54) is 4.57 Å². The summed E-state index contributed by atoms with van der Waals surface area (Å²) in [7, 11) is 0. The summed E-state index contributed by atoms with van der Waals surface area (Å²) >= 11 is 3.33. The highest BCUT2D eigenvalue weighted by molar-refractivity contribution is 9.10. The highest BCUT2D eigenvalue weighted by Crippen LogP contribution is 2.45. The molecule has 0 bridgehead atoms. The molecule has 0 unspecified atom stereocenters. The summed E-state index contributed by atoms with van der Waals surface area (Å²) in [6.45, 7) is 0. The average Bonchev–Trinajstić information content (AvgIpc) is 2.78. The van der Waals surface area contributed by atoms with Gasteiger partial charge in [-0.25, -0.2) is 4.57 Å². The maximum atomic E-state index is 10.3. The van der Waals surface area contributed by atoms with Gasteiger partial charge < -0.3 is 15.9 Å². The Balaban J connectivity index is 2.02. The van der Waals surface area contributed by atoms with Crippen molar-refractivity contribution in [1.82, 2.24) is 4.57 Å². The Bertz CT molecular complexity index is 858. The Labute approximate surface area is 140 Å². The minimum atomic E-state index is -0.279. The van der Waals surface area contributed by atoms with Crippen LogP contribution in [0.2, 0.25) is 0 Å². The number of nitrogen functional groups attached to an aromatic ring is 1. The van der Waals surface area contributed by atoms with E-state index in [1.807, 2.05) is 18.2 Å². The van der Waals surface area contributed by atoms with E-state index in [4.69, 9.17) is 5.73 Å². The first-order chi connectivity index (χ1) is 11.1. The fraction of sp³-hybridized carbons (Fsp3) is 0. The molecule has 6 nitrogen and oxygen atoms in total. The summed E-state index contributed by atoms with van der Waals surface area (Å²) in [5.41, 5.74) is 6.99. The van der Waals surface area contributed by atoms with Gasteiger partial charge in [-0.2, -0.15) is 5.11 Å². The van der Waals surface area contributed by atoms with Crippen LogP contribution in [0.15, 0.2) is 69.3 Å². The molecule has 0 saturated heterocycles. The van der Waals surface area contributed by atoms with Gasteiger partial charge in [0.1, 0.15) is 5.69 Å². The van der Waals surface area contributed by atoms with Crippen molar-refractivity contribution in [3.05, 3.63) is 59.1 Å². The SMILES string of the molecule is Nc1c(N=Nc2ccc(Br)cc2)c(O)n(-c2ccccc2)c1O. The molecule has 0 spiro atoms. The van der Waals surface area contributed by atoms with Crippen LogP contribution in [-0.2, 0) is 0 Å². The normalized spacial score (nSPS) is 11.2. The molecule has 1 heterocycles. The molecule has 4 N–H and O–H groups in total. The quantitative estimate of drug-likeness (QED) is 0.583. The fourth-order valence-corrected chi connectivity index (χ4v) is 2.35. The summed E-state index contributed by atoms with van der Waals surface area (Å²) in [6, 6.07) is 16.0. The van der Waals surface area contributed by atoms with Gasteiger partial charge in [0.25, 0.3) is 0 Å². The van der Waals surface area contributed by atoms with Crippen LogP contribution in [0.25, 0.3) is 5.69 Å². The van der Waals surface area contributed by atoms with Crippen molar-refractivity contribution in [2.24, 2.45) is 10.2 Å². The largest absolute Gasteiger partial charge is 0.493 e. The first kappa shape index (κ1) is 15.1. The maximum absolute atomic E-state index is 10.3. The molecular weight excluding hydrogens is 360 g/mol. The standard InChI is InChI=1S/C16H13BrN4O2/c17-10-6-8-11(9-7-10)19-20-14-13(18)15(22)21(16(14)23)12-4-2-1-3-5-12/h1-9,22-23H,18H2. The number of aromatic hydroxyl groups is 2. The van der Waals surface area contributed by atoms with Crippen molar-refractivity contribution < 1.29 is 10.2 Å².